The van der Waals surface area contributed by atoms with Gasteiger partial charge in [-0.25, -0.2) is 0 Å². The molecule has 0 aliphatic carbocycles. The van der Waals surface area contributed by atoms with Gasteiger partial charge in [0, 0.05) is 24.7 Å². The highest BCUT2D eigenvalue weighted by atomic mass is 32.1. The fraction of sp³-hybridized carbons (Fsp3) is 0.125. The number of nitrogens with zero attached hydrogens (tertiary/aromatic N) is 2. The molecule has 1 aliphatic heterocycles. The van der Waals surface area contributed by atoms with Crippen molar-refractivity contribution in [1.29, 1.82) is 0 Å². The lowest BCUT2D eigenvalue weighted by Crippen LogP contribution is -2.54. The quantitative estimate of drug-likeness (QED) is 0.396. The number of anilines is 2. The van der Waals surface area contributed by atoms with E-state index in [1.807, 2.05) is 73.8 Å². The van der Waals surface area contributed by atoms with Crippen LogP contribution in [0.3, 0.4) is 0 Å². The van der Waals surface area contributed by atoms with E-state index in [0.717, 1.165) is 28.6 Å². The fourth-order valence-electron chi connectivity index (χ4n) is 3.45. The van der Waals surface area contributed by atoms with E-state index in [2.05, 4.69) is 17.1 Å². The number of fused-ring (bicyclic) bond motifs is 1. The zero-order valence-electron chi connectivity index (χ0n) is 16.8. The van der Waals surface area contributed by atoms with Gasteiger partial charge in [0.15, 0.2) is 5.11 Å². The van der Waals surface area contributed by atoms with Crippen molar-refractivity contribution in [2.24, 2.45) is 0 Å². The van der Waals surface area contributed by atoms with Crippen LogP contribution in [-0.4, -0.2) is 30.5 Å². The van der Waals surface area contributed by atoms with Crippen molar-refractivity contribution in [3.63, 3.8) is 0 Å². The summed E-state index contributed by atoms with van der Waals surface area (Å²) >= 11 is 5.34. The summed E-state index contributed by atoms with van der Waals surface area (Å²) in [5, 5.41) is 4.61. The molecule has 2 amide bonds. The van der Waals surface area contributed by atoms with Crippen LogP contribution in [0, 0.1) is 0 Å². The molecule has 150 valence electrons. The normalized spacial score (nSPS) is 15.6. The van der Waals surface area contributed by atoms with E-state index in [-0.39, 0.29) is 10.7 Å². The van der Waals surface area contributed by atoms with E-state index < -0.39 is 11.8 Å². The Kier molecular flexibility index (Phi) is 5.33. The monoisotopic (exact) mass is 415 g/mol. The van der Waals surface area contributed by atoms with Gasteiger partial charge in [-0.05, 0) is 54.4 Å². The molecule has 1 aliphatic rings. The Morgan fingerprint density at radius 3 is 2.43 bits per heavy atom. The molecule has 30 heavy (non-hydrogen) atoms. The second-order valence-corrected chi connectivity index (χ2v) is 7.45. The molecule has 0 atom stereocenters. The number of hydrogen-bond donors (Lipinski definition) is 1. The zero-order valence-corrected chi connectivity index (χ0v) is 17.6. The lowest BCUT2D eigenvalue weighted by molar-refractivity contribution is -0.122. The molecule has 6 heteroatoms. The molecule has 0 saturated carbocycles. The number of nitrogens with one attached hydrogen (secondary N) is 1. The summed E-state index contributed by atoms with van der Waals surface area (Å²) in [4.78, 5) is 29.4. The van der Waals surface area contributed by atoms with Gasteiger partial charge in [0.1, 0.15) is 5.57 Å². The first-order valence-electron chi connectivity index (χ1n) is 9.70. The molecule has 3 aromatic rings. The van der Waals surface area contributed by atoms with Crippen LogP contribution in [0.1, 0.15) is 12.5 Å². The molecule has 1 fully saturated rings. The van der Waals surface area contributed by atoms with E-state index in [1.54, 1.807) is 6.08 Å². The summed E-state index contributed by atoms with van der Waals surface area (Å²) < 4.78 is 0. The molecular weight excluding hydrogens is 394 g/mol. The third-order valence-corrected chi connectivity index (χ3v) is 5.51. The Bertz CT molecular complexity index is 1180. The van der Waals surface area contributed by atoms with Gasteiger partial charge in [0.25, 0.3) is 11.8 Å². The average Bonchev–Trinajstić information content (AvgIpc) is 2.76. The highest BCUT2D eigenvalue weighted by Crippen LogP contribution is 2.30. The van der Waals surface area contributed by atoms with E-state index in [1.165, 1.54) is 4.90 Å². The number of carbonyl (C=O) groups is 2. The zero-order chi connectivity index (χ0) is 21.3. The summed E-state index contributed by atoms with van der Waals surface area (Å²) in [6.07, 6.45) is 1.60. The van der Waals surface area contributed by atoms with Crippen molar-refractivity contribution < 1.29 is 9.59 Å². The predicted octanol–water partition coefficient (Wildman–Crippen LogP) is 4.13. The molecule has 3 aromatic carbocycles. The summed E-state index contributed by atoms with van der Waals surface area (Å²) in [7, 11) is 2.01. The van der Waals surface area contributed by atoms with E-state index in [9.17, 15) is 9.59 Å². The lowest BCUT2D eigenvalue weighted by Gasteiger charge is -2.29. The van der Waals surface area contributed by atoms with Crippen LogP contribution < -0.4 is 15.1 Å². The summed E-state index contributed by atoms with van der Waals surface area (Å²) in [6.45, 7) is 2.96. The van der Waals surface area contributed by atoms with Gasteiger partial charge in [0.05, 0.1) is 5.69 Å². The van der Waals surface area contributed by atoms with Gasteiger partial charge in [-0.15, -0.1) is 0 Å². The van der Waals surface area contributed by atoms with Gasteiger partial charge in [-0.1, -0.05) is 48.5 Å². The standard InChI is InChI=1S/C24H21N3O2S/c1-3-26(2)18-13-11-16(12-14-18)15-20-22(28)25-24(30)27(23(20)29)21-10-6-8-17-7-4-5-9-19(17)21/h4-15H,3H2,1-2H3,(H,25,28,30)/b20-15+. The van der Waals surface area contributed by atoms with Crippen LogP contribution in [0.2, 0.25) is 0 Å². The van der Waals surface area contributed by atoms with Crippen molar-refractivity contribution in [3.05, 3.63) is 77.9 Å². The predicted molar refractivity (Wildman–Crippen MR) is 126 cm³/mol. The Labute approximate surface area is 180 Å². The van der Waals surface area contributed by atoms with Crippen LogP contribution in [0.5, 0.6) is 0 Å². The van der Waals surface area contributed by atoms with Crippen LogP contribution in [0.15, 0.2) is 72.3 Å². The Hall–Kier alpha value is -3.51. The molecule has 0 bridgehead atoms. The number of amides is 2. The largest absolute Gasteiger partial charge is 0.375 e. The Balaban J connectivity index is 1.73. The molecule has 5 nitrogen and oxygen atoms in total. The van der Waals surface area contributed by atoms with E-state index in [4.69, 9.17) is 12.2 Å². The number of benzene rings is 3. The highest BCUT2D eigenvalue weighted by Gasteiger charge is 2.35. The number of carbonyl (C=O) groups excluding carboxylic acids is 2. The average molecular weight is 416 g/mol. The van der Waals surface area contributed by atoms with E-state index in [0.29, 0.717) is 5.69 Å². The summed E-state index contributed by atoms with van der Waals surface area (Å²) in [6, 6.07) is 21.2. The van der Waals surface area contributed by atoms with E-state index >= 15 is 0 Å². The molecule has 0 aromatic heterocycles. The van der Waals surface area contributed by atoms with Crippen LogP contribution in [0.4, 0.5) is 11.4 Å². The molecule has 1 heterocycles. The first-order chi connectivity index (χ1) is 14.5. The number of rotatable bonds is 4. The number of hydrogen-bond acceptors (Lipinski definition) is 4. The minimum Gasteiger partial charge on any atom is -0.375 e. The topological polar surface area (TPSA) is 52.7 Å². The van der Waals surface area contributed by atoms with Gasteiger partial charge in [-0.3, -0.25) is 19.8 Å². The van der Waals surface area contributed by atoms with Crippen LogP contribution in [-0.2, 0) is 9.59 Å². The third kappa shape index (κ3) is 3.57. The maximum Gasteiger partial charge on any atom is 0.270 e. The molecule has 4 rings (SSSR count). The number of thiocarbonyl (C=S) groups is 1. The first-order valence-corrected chi connectivity index (χ1v) is 10.1. The Morgan fingerprint density at radius 2 is 1.70 bits per heavy atom. The van der Waals surface area contributed by atoms with Crippen LogP contribution in [0.25, 0.3) is 16.8 Å². The maximum atomic E-state index is 13.3. The van der Waals surface area contributed by atoms with Crippen molar-refractivity contribution in [3.8, 4) is 0 Å². The smallest absolute Gasteiger partial charge is 0.270 e. The first kappa shape index (κ1) is 19.8. The SMILES string of the molecule is CCN(C)c1ccc(/C=C2\C(=O)NC(=S)N(c3cccc4ccccc34)C2=O)cc1. The fourth-order valence-corrected chi connectivity index (χ4v) is 3.73. The van der Waals surface area contributed by atoms with Crippen LogP contribution >= 0.6 is 12.2 Å². The minimum atomic E-state index is -0.490. The minimum absolute atomic E-state index is 0.0492. The molecule has 1 N–H and O–H groups in total. The Morgan fingerprint density at radius 1 is 1.00 bits per heavy atom. The third-order valence-electron chi connectivity index (χ3n) is 5.23. The lowest BCUT2D eigenvalue weighted by atomic mass is 10.0. The van der Waals surface area contributed by atoms with Gasteiger partial charge in [0.2, 0.25) is 0 Å². The van der Waals surface area contributed by atoms with Crippen molar-refractivity contribution in [2.75, 3.05) is 23.4 Å². The van der Waals surface area contributed by atoms with Gasteiger partial charge in [-0.2, -0.15) is 0 Å². The second kappa shape index (κ2) is 8.08. The molecular formula is C24H21N3O2S. The van der Waals surface area contributed by atoms with Crippen molar-refractivity contribution in [1.82, 2.24) is 5.32 Å². The van der Waals surface area contributed by atoms with Gasteiger partial charge < -0.3 is 4.90 Å². The summed E-state index contributed by atoms with van der Waals surface area (Å²) in [5.74, 6) is -0.925. The molecule has 0 spiro atoms. The van der Waals surface area contributed by atoms with Crippen molar-refractivity contribution >= 4 is 57.4 Å². The molecule has 0 radical (unpaired) electrons. The highest BCUT2D eigenvalue weighted by molar-refractivity contribution is 7.80. The molecule has 1 saturated heterocycles. The van der Waals surface area contributed by atoms with Gasteiger partial charge >= 0.3 is 0 Å². The molecule has 0 unspecified atom stereocenters. The maximum absolute atomic E-state index is 13.3. The summed E-state index contributed by atoms with van der Waals surface area (Å²) in [5.41, 5.74) is 2.53. The van der Waals surface area contributed by atoms with Crippen molar-refractivity contribution in [2.45, 2.75) is 6.92 Å². The second-order valence-electron chi connectivity index (χ2n) is 7.06.